The third-order valence-corrected chi connectivity index (χ3v) is 5.97. The van der Waals surface area contributed by atoms with Gasteiger partial charge >= 0.3 is 12.1 Å². The number of carbonyl (C=O) groups excluding carboxylic acids is 2. The number of esters is 1. The van der Waals surface area contributed by atoms with E-state index in [4.69, 9.17) is 44.3 Å². The highest BCUT2D eigenvalue weighted by Crippen LogP contribution is 2.46. The van der Waals surface area contributed by atoms with Crippen molar-refractivity contribution in [2.45, 2.75) is 33.7 Å². The van der Waals surface area contributed by atoms with Crippen LogP contribution in [0.25, 0.3) is 0 Å². The summed E-state index contributed by atoms with van der Waals surface area (Å²) in [4.78, 5) is 36.5. The summed E-state index contributed by atoms with van der Waals surface area (Å²) in [5.74, 6) is -1.36. The summed E-state index contributed by atoms with van der Waals surface area (Å²) >= 11 is 18.0. The maximum Gasteiger partial charge on any atom is 0.406 e. The van der Waals surface area contributed by atoms with Crippen molar-refractivity contribution < 1.29 is 29.0 Å². The predicted octanol–water partition coefficient (Wildman–Crippen LogP) is 3.27. The molecule has 2 unspecified atom stereocenters. The first-order valence-electron chi connectivity index (χ1n) is 8.63. The highest BCUT2D eigenvalue weighted by Gasteiger charge is 2.57. The number of halogens is 3. The van der Waals surface area contributed by atoms with Gasteiger partial charge in [-0.1, -0.05) is 65.1 Å². The van der Waals surface area contributed by atoms with E-state index in [1.54, 1.807) is 6.92 Å². The lowest BCUT2D eigenvalue weighted by Gasteiger charge is -2.51. The van der Waals surface area contributed by atoms with Gasteiger partial charge < -0.3 is 19.9 Å². The van der Waals surface area contributed by atoms with E-state index in [1.165, 1.54) is 11.0 Å². The zero-order valence-corrected chi connectivity index (χ0v) is 18.6. The van der Waals surface area contributed by atoms with Gasteiger partial charge in [0, 0.05) is 0 Å². The van der Waals surface area contributed by atoms with Crippen molar-refractivity contribution >= 4 is 64.5 Å². The minimum atomic E-state index is -1.83. The number of hydrogen-bond donors (Lipinski definition) is 2. The van der Waals surface area contributed by atoms with Crippen LogP contribution in [0, 0.1) is 0 Å². The second-order valence-electron chi connectivity index (χ2n) is 6.69. The Bertz CT molecular complexity index is 878. The Hall–Kier alpha value is -1.65. The lowest BCUT2D eigenvalue weighted by molar-refractivity contribution is -0.167. The molecule has 1 aromatic carbocycles. The van der Waals surface area contributed by atoms with E-state index in [-0.39, 0.29) is 12.3 Å². The number of carbonyl (C=O) groups is 3. The SMILES string of the molecule is CC1(NC(=O)O)C=C(C(=O)OCC(Cl)(Cl)Cl)N2C(=O)C(OCc3ccccc3)[C@H]2S1. The molecule has 2 amide bonds. The number of hydrogen-bond acceptors (Lipinski definition) is 6. The van der Waals surface area contributed by atoms with Gasteiger partial charge in [0.2, 0.25) is 3.79 Å². The van der Waals surface area contributed by atoms with E-state index in [9.17, 15) is 19.5 Å². The van der Waals surface area contributed by atoms with Crippen molar-refractivity contribution in [2.75, 3.05) is 6.61 Å². The molecule has 0 aliphatic carbocycles. The first kappa shape index (κ1) is 23.0. The molecule has 0 saturated carbocycles. The van der Waals surface area contributed by atoms with Crippen LogP contribution in [0.1, 0.15) is 12.5 Å². The topological polar surface area (TPSA) is 105 Å². The third-order valence-electron chi connectivity index (χ3n) is 4.24. The van der Waals surface area contributed by atoms with Crippen LogP contribution >= 0.6 is 46.6 Å². The van der Waals surface area contributed by atoms with Gasteiger partial charge in [-0.3, -0.25) is 9.69 Å². The molecule has 0 bridgehead atoms. The second-order valence-corrected chi connectivity index (χ2v) is 10.8. The Balaban J connectivity index is 1.79. The van der Waals surface area contributed by atoms with Gasteiger partial charge in [-0.25, -0.2) is 9.59 Å². The fraction of sp³-hybridized carbons (Fsp3) is 0.389. The van der Waals surface area contributed by atoms with E-state index < -0.39 is 44.7 Å². The minimum Gasteiger partial charge on any atom is -0.465 e. The maximum atomic E-state index is 12.7. The summed E-state index contributed by atoms with van der Waals surface area (Å²) in [6.45, 7) is 1.20. The van der Waals surface area contributed by atoms with E-state index in [0.717, 1.165) is 17.3 Å². The van der Waals surface area contributed by atoms with Crippen LogP contribution in [0.2, 0.25) is 0 Å². The zero-order chi connectivity index (χ0) is 22.1. The molecule has 1 aromatic rings. The van der Waals surface area contributed by atoms with Gasteiger partial charge in [-0.15, -0.1) is 11.8 Å². The molecule has 2 heterocycles. The molecule has 2 aliphatic heterocycles. The number of ether oxygens (including phenoxy) is 2. The summed E-state index contributed by atoms with van der Waals surface area (Å²) in [6, 6.07) is 9.26. The Labute approximate surface area is 191 Å². The number of amides is 2. The van der Waals surface area contributed by atoms with Gasteiger partial charge in [0.05, 0.1) is 6.61 Å². The smallest absolute Gasteiger partial charge is 0.406 e. The van der Waals surface area contributed by atoms with Crippen molar-refractivity contribution in [2.24, 2.45) is 0 Å². The number of rotatable bonds is 6. The lowest BCUT2D eigenvalue weighted by atomic mass is 10.1. The quantitative estimate of drug-likeness (QED) is 0.354. The van der Waals surface area contributed by atoms with Gasteiger partial charge in [-0.05, 0) is 18.6 Å². The standard InChI is InChI=1S/C18H17Cl3N2O6S/c1-17(22-16(26)27)7-11(15(25)29-9-18(19,20)21)23-13(24)12(14(23)30-17)28-8-10-5-3-2-4-6-10/h2-7,12,14,22H,8-9H2,1H3,(H,26,27)/t12?,14-,17?/m1/s1. The van der Waals surface area contributed by atoms with Crippen molar-refractivity contribution in [3.8, 4) is 0 Å². The number of nitrogens with zero attached hydrogens (tertiary/aromatic N) is 1. The monoisotopic (exact) mass is 494 g/mol. The second kappa shape index (κ2) is 8.84. The number of fused-ring (bicyclic) bond motifs is 1. The third kappa shape index (κ3) is 5.33. The van der Waals surface area contributed by atoms with Crippen LogP contribution in [0.4, 0.5) is 4.79 Å². The van der Waals surface area contributed by atoms with Crippen LogP contribution in [-0.2, 0) is 25.7 Å². The molecular formula is C18H17Cl3N2O6S. The maximum absolute atomic E-state index is 12.7. The highest BCUT2D eigenvalue weighted by molar-refractivity contribution is 8.01. The largest absolute Gasteiger partial charge is 0.465 e. The molecule has 0 spiro atoms. The van der Waals surface area contributed by atoms with Crippen molar-refractivity contribution in [1.82, 2.24) is 10.2 Å². The molecule has 0 radical (unpaired) electrons. The van der Waals surface area contributed by atoms with E-state index in [2.05, 4.69) is 5.32 Å². The van der Waals surface area contributed by atoms with Crippen molar-refractivity contribution in [3.63, 3.8) is 0 Å². The zero-order valence-electron chi connectivity index (χ0n) is 15.5. The Morgan fingerprint density at radius 2 is 1.97 bits per heavy atom. The summed E-state index contributed by atoms with van der Waals surface area (Å²) in [5, 5.41) is 10.9. The number of carboxylic acid groups (broad SMARTS) is 1. The average molecular weight is 496 g/mol. The minimum absolute atomic E-state index is 0.145. The van der Waals surface area contributed by atoms with Gasteiger partial charge in [-0.2, -0.15) is 0 Å². The molecule has 2 N–H and O–H groups in total. The fourth-order valence-corrected chi connectivity index (χ4v) is 4.63. The number of thioether (sulfide) groups is 1. The van der Waals surface area contributed by atoms with Crippen LogP contribution in [0.3, 0.4) is 0 Å². The molecule has 0 aromatic heterocycles. The van der Waals surface area contributed by atoms with E-state index in [0.29, 0.717) is 0 Å². The van der Waals surface area contributed by atoms with E-state index >= 15 is 0 Å². The molecule has 8 nitrogen and oxygen atoms in total. The first-order valence-corrected chi connectivity index (χ1v) is 10.6. The first-order chi connectivity index (χ1) is 14.0. The number of alkyl halides is 3. The Kier molecular flexibility index (Phi) is 6.78. The Morgan fingerprint density at radius 1 is 1.30 bits per heavy atom. The van der Waals surface area contributed by atoms with Crippen molar-refractivity contribution in [3.05, 3.63) is 47.7 Å². The molecule has 1 fully saturated rings. The summed E-state index contributed by atoms with van der Waals surface area (Å²) in [7, 11) is 0. The van der Waals surface area contributed by atoms with Gasteiger partial charge in [0.1, 0.15) is 22.5 Å². The number of β-lactam (4-membered cyclic amide) rings is 1. The normalized spacial score (nSPS) is 25.7. The average Bonchev–Trinajstić information content (AvgIpc) is 2.64. The lowest BCUT2D eigenvalue weighted by Crippen LogP contribution is -2.68. The number of nitrogens with one attached hydrogen (secondary N) is 1. The molecule has 12 heteroatoms. The summed E-state index contributed by atoms with van der Waals surface area (Å²) in [5.41, 5.74) is 0.725. The van der Waals surface area contributed by atoms with Crippen LogP contribution in [0.5, 0.6) is 0 Å². The molecule has 2 aliphatic rings. The summed E-state index contributed by atoms with van der Waals surface area (Å²) in [6.07, 6.45) is -0.861. The van der Waals surface area contributed by atoms with Crippen LogP contribution in [-0.4, -0.2) is 54.7 Å². The summed E-state index contributed by atoms with van der Waals surface area (Å²) < 4.78 is 8.91. The highest BCUT2D eigenvalue weighted by atomic mass is 35.6. The van der Waals surface area contributed by atoms with Gasteiger partial charge in [0.15, 0.2) is 6.10 Å². The predicted molar refractivity (Wildman–Crippen MR) is 112 cm³/mol. The molecule has 3 rings (SSSR count). The van der Waals surface area contributed by atoms with E-state index in [1.807, 2.05) is 30.3 Å². The van der Waals surface area contributed by atoms with Gasteiger partial charge in [0.25, 0.3) is 5.91 Å². The molecular weight excluding hydrogens is 479 g/mol. The van der Waals surface area contributed by atoms with Crippen molar-refractivity contribution in [1.29, 1.82) is 0 Å². The molecule has 30 heavy (non-hydrogen) atoms. The molecule has 3 atom stereocenters. The fourth-order valence-electron chi connectivity index (χ4n) is 2.99. The Morgan fingerprint density at radius 3 is 2.57 bits per heavy atom. The van der Waals surface area contributed by atoms with Crippen LogP contribution < -0.4 is 5.32 Å². The number of benzene rings is 1. The molecule has 162 valence electrons. The molecule has 1 saturated heterocycles. The van der Waals surface area contributed by atoms with Crippen LogP contribution in [0.15, 0.2) is 42.1 Å².